The molecule has 1 heterocycles. The van der Waals surface area contributed by atoms with E-state index >= 15 is 0 Å². The van der Waals surface area contributed by atoms with Gasteiger partial charge in [-0.15, -0.1) is 0 Å². The van der Waals surface area contributed by atoms with E-state index in [4.69, 9.17) is 4.74 Å². The zero-order valence-electron chi connectivity index (χ0n) is 20.6. The van der Waals surface area contributed by atoms with Gasteiger partial charge in [0.15, 0.2) is 0 Å². The van der Waals surface area contributed by atoms with Crippen molar-refractivity contribution in [2.45, 2.75) is 70.1 Å². The van der Waals surface area contributed by atoms with Crippen molar-refractivity contribution in [2.75, 3.05) is 13.2 Å². The molecule has 1 aliphatic heterocycles. The minimum absolute atomic E-state index is 0.146. The van der Waals surface area contributed by atoms with Crippen molar-refractivity contribution in [3.63, 3.8) is 0 Å². The number of esters is 1. The van der Waals surface area contributed by atoms with Crippen LogP contribution in [0.5, 0.6) is 0 Å². The predicted octanol–water partition coefficient (Wildman–Crippen LogP) is 5.56. The number of likely N-dealkylation sites (tertiary alicyclic amines) is 1. The van der Waals surface area contributed by atoms with Crippen LogP contribution < -0.4 is 0 Å². The highest BCUT2D eigenvalue weighted by atomic mass is 16.5. The van der Waals surface area contributed by atoms with Crippen LogP contribution in [0.3, 0.4) is 0 Å². The van der Waals surface area contributed by atoms with Gasteiger partial charge >= 0.3 is 5.97 Å². The Morgan fingerprint density at radius 1 is 0.714 bits per heavy atom. The summed E-state index contributed by atoms with van der Waals surface area (Å²) in [6.45, 7) is 2.28. The molecule has 2 amide bonds. The molecule has 5 heteroatoms. The maximum absolute atomic E-state index is 13.5. The topological polar surface area (TPSA) is 63.7 Å². The molecule has 0 spiro atoms. The highest BCUT2D eigenvalue weighted by Crippen LogP contribution is 2.60. The Kier molecular flexibility index (Phi) is 7.03. The minimum atomic E-state index is -0.490. The standard InChI is InChI=1S/C30H35NO4/c1-2-3-4-5-6-7-8-13-18-35-24(32)19-31-29(33)27-25-20-14-9-10-15-21(20)26(28(27)30(31)34)23-17-12-11-16-22(23)25/h9-12,14-17,25-28H,2-8,13,18-19H2,1H3/t25?,26?,27-,28-/m0/s1. The number of hydrogen-bond acceptors (Lipinski definition) is 4. The quantitative estimate of drug-likeness (QED) is 0.243. The molecule has 184 valence electrons. The summed E-state index contributed by atoms with van der Waals surface area (Å²) in [5.74, 6) is -2.14. The third kappa shape index (κ3) is 4.30. The minimum Gasteiger partial charge on any atom is -0.464 e. The summed E-state index contributed by atoms with van der Waals surface area (Å²) in [6.07, 6.45) is 9.34. The summed E-state index contributed by atoms with van der Waals surface area (Å²) in [5, 5.41) is 0. The maximum atomic E-state index is 13.5. The molecule has 0 aromatic heterocycles. The van der Waals surface area contributed by atoms with Crippen LogP contribution in [0, 0.1) is 11.8 Å². The fraction of sp³-hybridized carbons (Fsp3) is 0.500. The van der Waals surface area contributed by atoms with Gasteiger partial charge in [-0.3, -0.25) is 19.3 Å². The fourth-order valence-electron chi connectivity index (χ4n) is 6.49. The van der Waals surface area contributed by atoms with Gasteiger partial charge in [0.25, 0.3) is 0 Å². The number of amides is 2. The van der Waals surface area contributed by atoms with Gasteiger partial charge in [0, 0.05) is 11.8 Å². The smallest absolute Gasteiger partial charge is 0.326 e. The Hall–Kier alpha value is -2.95. The summed E-state index contributed by atoms with van der Waals surface area (Å²) in [7, 11) is 0. The van der Waals surface area contributed by atoms with E-state index in [1.807, 2.05) is 24.3 Å². The SMILES string of the molecule is CCCCCCCCCCOC(=O)CN1C(=O)[C@H]2C3c4ccccc4C(c4ccccc43)[C@@H]2C1=O. The Balaban J connectivity index is 1.21. The third-order valence-corrected chi connectivity index (χ3v) is 8.09. The first-order chi connectivity index (χ1) is 17.1. The average molecular weight is 474 g/mol. The van der Waals surface area contributed by atoms with Gasteiger partial charge in [0.2, 0.25) is 11.8 Å². The van der Waals surface area contributed by atoms with Crippen LogP contribution in [0.2, 0.25) is 0 Å². The van der Waals surface area contributed by atoms with Crippen molar-refractivity contribution in [1.82, 2.24) is 4.90 Å². The number of carbonyl (C=O) groups is 3. The Morgan fingerprint density at radius 2 is 1.14 bits per heavy atom. The highest BCUT2D eigenvalue weighted by Gasteiger charge is 2.61. The van der Waals surface area contributed by atoms with Crippen LogP contribution in [0.25, 0.3) is 0 Å². The zero-order valence-corrected chi connectivity index (χ0v) is 20.6. The lowest BCUT2D eigenvalue weighted by molar-refractivity contribution is -0.153. The Bertz CT molecular complexity index is 994. The third-order valence-electron chi connectivity index (χ3n) is 8.09. The number of nitrogens with zero attached hydrogens (tertiary/aromatic N) is 1. The lowest BCUT2D eigenvalue weighted by atomic mass is 9.55. The van der Waals surface area contributed by atoms with E-state index in [1.54, 1.807) is 0 Å². The molecule has 6 rings (SSSR count). The molecule has 0 radical (unpaired) electrons. The van der Waals surface area contributed by atoms with E-state index in [0.717, 1.165) is 41.5 Å². The van der Waals surface area contributed by atoms with Gasteiger partial charge in [-0.1, -0.05) is 100 Å². The summed E-state index contributed by atoms with van der Waals surface area (Å²) in [6, 6.07) is 16.3. The Labute approximate surface area is 207 Å². The van der Waals surface area contributed by atoms with Crippen molar-refractivity contribution in [1.29, 1.82) is 0 Å². The first-order valence-electron chi connectivity index (χ1n) is 13.3. The number of hydrogen-bond donors (Lipinski definition) is 0. The lowest BCUT2D eigenvalue weighted by Gasteiger charge is -2.45. The summed E-state index contributed by atoms with van der Waals surface area (Å²) in [5.41, 5.74) is 4.55. The molecular formula is C30H35NO4. The van der Waals surface area contributed by atoms with Crippen molar-refractivity contribution < 1.29 is 19.1 Å². The average Bonchev–Trinajstić information content (AvgIpc) is 3.13. The van der Waals surface area contributed by atoms with E-state index in [0.29, 0.717) is 6.61 Å². The molecule has 0 saturated carbocycles. The highest BCUT2D eigenvalue weighted by molar-refractivity contribution is 6.09. The second kappa shape index (κ2) is 10.3. The van der Waals surface area contributed by atoms with Gasteiger partial charge in [-0.25, -0.2) is 0 Å². The van der Waals surface area contributed by atoms with Gasteiger partial charge in [-0.05, 0) is 28.7 Å². The number of imide groups is 1. The van der Waals surface area contributed by atoms with Gasteiger partial charge in [-0.2, -0.15) is 0 Å². The van der Waals surface area contributed by atoms with E-state index in [9.17, 15) is 14.4 Å². The number of rotatable bonds is 11. The molecule has 4 aliphatic rings. The fourth-order valence-corrected chi connectivity index (χ4v) is 6.49. The van der Waals surface area contributed by atoms with Crippen molar-refractivity contribution in [3.8, 4) is 0 Å². The van der Waals surface area contributed by atoms with E-state index in [-0.39, 0.29) is 30.2 Å². The molecule has 2 aromatic carbocycles. The van der Waals surface area contributed by atoms with Gasteiger partial charge < -0.3 is 4.74 Å². The van der Waals surface area contributed by atoms with Crippen LogP contribution in [0.4, 0.5) is 0 Å². The lowest BCUT2D eigenvalue weighted by Crippen LogP contribution is -2.41. The number of ether oxygens (including phenoxy) is 1. The predicted molar refractivity (Wildman–Crippen MR) is 134 cm³/mol. The zero-order chi connectivity index (χ0) is 24.4. The molecule has 0 N–H and O–H groups in total. The number of benzene rings is 2. The molecule has 2 aromatic rings. The molecule has 1 fully saturated rings. The molecule has 0 unspecified atom stereocenters. The molecular weight excluding hydrogens is 438 g/mol. The number of carbonyl (C=O) groups excluding carboxylic acids is 3. The van der Waals surface area contributed by atoms with Crippen LogP contribution >= 0.6 is 0 Å². The molecule has 2 atom stereocenters. The van der Waals surface area contributed by atoms with Gasteiger partial charge in [0.05, 0.1) is 18.4 Å². The largest absolute Gasteiger partial charge is 0.464 e. The van der Waals surface area contributed by atoms with Crippen molar-refractivity contribution >= 4 is 17.8 Å². The summed E-state index contributed by atoms with van der Waals surface area (Å²) >= 11 is 0. The maximum Gasteiger partial charge on any atom is 0.326 e. The summed E-state index contributed by atoms with van der Waals surface area (Å²) < 4.78 is 5.41. The van der Waals surface area contributed by atoms with Crippen molar-refractivity contribution in [2.24, 2.45) is 11.8 Å². The van der Waals surface area contributed by atoms with Crippen molar-refractivity contribution in [3.05, 3.63) is 70.8 Å². The molecule has 35 heavy (non-hydrogen) atoms. The first kappa shape index (κ1) is 23.8. The van der Waals surface area contributed by atoms with E-state index in [2.05, 4.69) is 31.2 Å². The molecule has 2 bridgehead atoms. The monoisotopic (exact) mass is 473 g/mol. The van der Waals surface area contributed by atoms with E-state index in [1.165, 1.54) is 37.0 Å². The van der Waals surface area contributed by atoms with Crippen LogP contribution in [-0.2, 0) is 19.1 Å². The first-order valence-corrected chi connectivity index (χ1v) is 13.3. The molecule has 3 aliphatic carbocycles. The number of unbranched alkanes of at least 4 members (excludes halogenated alkanes) is 7. The second-order valence-corrected chi connectivity index (χ2v) is 10.2. The van der Waals surface area contributed by atoms with Crippen LogP contribution in [0.15, 0.2) is 48.5 Å². The van der Waals surface area contributed by atoms with Gasteiger partial charge in [0.1, 0.15) is 6.54 Å². The van der Waals surface area contributed by atoms with Crippen LogP contribution in [-0.4, -0.2) is 35.8 Å². The summed E-state index contributed by atoms with van der Waals surface area (Å²) in [4.78, 5) is 40.8. The Morgan fingerprint density at radius 3 is 1.60 bits per heavy atom. The van der Waals surface area contributed by atoms with E-state index < -0.39 is 17.8 Å². The molecule has 5 nitrogen and oxygen atoms in total. The second-order valence-electron chi connectivity index (χ2n) is 10.2. The van der Waals surface area contributed by atoms with Crippen LogP contribution in [0.1, 0.15) is 92.4 Å². The molecule has 1 saturated heterocycles. The normalized spacial score (nSPS) is 23.7.